The van der Waals surface area contributed by atoms with Gasteiger partial charge in [0.25, 0.3) is 5.69 Å². The number of nitro groups is 2. The highest BCUT2D eigenvalue weighted by atomic mass is 16.6. The van der Waals surface area contributed by atoms with Gasteiger partial charge in [-0.05, 0) is 22.6 Å². The predicted octanol–water partition coefficient (Wildman–Crippen LogP) is 1.87. The molecular formula is C13H10N4O6. The van der Waals surface area contributed by atoms with Crippen LogP contribution in [-0.4, -0.2) is 32.7 Å². The largest absolute Gasteiger partial charge is 0.466 e. The smallest absolute Gasteiger partial charge is 0.390 e. The van der Waals surface area contributed by atoms with Gasteiger partial charge in [0.15, 0.2) is 5.69 Å². The van der Waals surface area contributed by atoms with Crippen LogP contribution in [0.1, 0.15) is 5.56 Å². The molecule has 1 aromatic carbocycles. The summed E-state index contributed by atoms with van der Waals surface area (Å²) in [7, 11) is 1.21. The highest BCUT2D eigenvalue weighted by molar-refractivity contribution is 5.87. The molecule has 0 bridgehead atoms. The monoisotopic (exact) mass is 318 g/mol. The molecule has 0 radical (unpaired) electrons. The molecule has 1 heterocycles. The summed E-state index contributed by atoms with van der Waals surface area (Å²) in [6.45, 7) is 0. The normalized spacial score (nSPS) is 10.7. The standard InChI is InChI=1S/C13H10N4O6/c1-23-13(18)5-3-9-2-4-10(11(8-9)16(19)20)15-7-6-12(14-15)17(21)22/h2-8H,1H3/b5-3+. The summed E-state index contributed by atoms with van der Waals surface area (Å²) in [5, 5.41) is 25.5. The van der Waals surface area contributed by atoms with E-state index in [0.717, 1.165) is 16.8 Å². The number of carbonyl (C=O) groups excluding carboxylic acids is 1. The fourth-order valence-corrected chi connectivity index (χ4v) is 1.76. The average molecular weight is 318 g/mol. The molecule has 118 valence electrons. The van der Waals surface area contributed by atoms with Crippen LogP contribution in [0.15, 0.2) is 36.5 Å². The van der Waals surface area contributed by atoms with Crippen molar-refractivity contribution in [1.82, 2.24) is 9.78 Å². The van der Waals surface area contributed by atoms with Crippen LogP contribution in [0.5, 0.6) is 0 Å². The van der Waals surface area contributed by atoms with Crippen LogP contribution in [0.3, 0.4) is 0 Å². The molecule has 23 heavy (non-hydrogen) atoms. The fourth-order valence-electron chi connectivity index (χ4n) is 1.76. The lowest BCUT2D eigenvalue weighted by Crippen LogP contribution is -2.02. The fraction of sp³-hybridized carbons (Fsp3) is 0.0769. The summed E-state index contributed by atoms with van der Waals surface area (Å²) in [5.74, 6) is -1.02. The van der Waals surface area contributed by atoms with Crippen LogP contribution in [0, 0.1) is 20.2 Å². The van der Waals surface area contributed by atoms with E-state index >= 15 is 0 Å². The Bertz CT molecular complexity index is 811. The van der Waals surface area contributed by atoms with Crippen molar-refractivity contribution in [2.45, 2.75) is 0 Å². The van der Waals surface area contributed by atoms with Crippen molar-refractivity contribution in [1.29, 1.82) is 0 Å². The van der Waals surface area contributed by atoms with Crippen LogP contribution >= 0.6 is 0 Å². The van der Waals surface area contributed by atoms with E-state index in [2.05, 4.69) is 9.84 Å². The third kappa shape index (κ3) is 3.56. The topological polar surface area (TPSA) is 130 Å². The maximum atomic E-state index is 11.2. The maximum absolute atomic E-state index is 11.2. The molecule has 0 atom stereocenters. The van der Waals surface area contributed by atoms with Crippen molar-refractivity contribution in [3.8, 4) is 5.69 Å². The van der Waals surface area contributed by atoms with Gasteiger partial charge in [0, 0.05) is 12.1 Å². The lowest BCUT2D eigenvalue weighted by atomic mass is 10.1. The first-order valence-electron chi connectivity index (χ1n) is 6.17. The molecule has 10 nitrogen and oxygen atoms in total. The molecule has 10 heteroatoms. The van der Waals surface area contributed by atoms with E-state index in [4.69, 9.17) is 0 Å². The second-order valence-corrected chi connectivity index (χ2v) is 4.24. The van der Waals surface area contributed by atoms with Gasteiger partial charge in [-0.15, -0.1) is 4.68 Å². The Hall–Kier alpha value is -3.56. The van der Waals surface area contributed by atoms with Crippen LogP contribution < -0.4 is 0 Å². The van der Waals surface area contributed by atoms with Gasteiger partial charge in [-0.1, -0.05) is 6.07 Å². The molecule has 0 spiro atoms. The van der Waals surface area contributed by atoms with Gasteiger partial charge in [0.1, 0.15) is 0 Å². The summed E-state index contributed by atoms with van der Waals surface area (Å²) < 4.78 is 5.48. The summed E-state index contributed by atoms with van der Waals surface area (Å²) in [6, 6.07) is 5.25. The van der Waals surface area contributed by atoms with Crippen molar-refractivity contribution in [3.05, 3.63) is 62.3 Å². The minimum Gasteiger partial charge on any atom is -0.466 e. The van der Waals surface area contributed by atoms with Gasteiger partial charge in [0.05, 0.1) is 29.4 Å². The third-order valence-electron chi connectivity index (χ3n) is 2.82. The second kappa shape index (κ2) is 6.47. The zero-order chi connectivity index (χ0) is 17.0. The highest BCUT2D eigenvalue weighted by Gasteiger charge is 2.21. The zero-order valence-corrected chi connectivity index (χ0v) is 11.8. The van der Waals surface area contributed by atoms with Crippen LogP contribution in [0.4, 0.5) is 11.5 Å². The minimum atomic E-state index is -0.699. The number of hydrogen-bond donors (Lipinski definition) is 0. The summed E-state index contributed by atoms with van der Waals surface area (Å²) in [6.07, 6.45) is 3.73. The summed E-state index contributed by atoms with van der Waals surface area (Å²) in [4.78, 5) is 31.5. The number of nitrogens with zero attached hydrogens (tertiary/aromatic N) is 4. The number of carbonyl (C=O) groups is 1. The van der Waals surface area contributed by atoms with E-state index in [1.54, 1.807) is 0 Å². The Morgan fingerprint density at radius 2 is 2.00 bits per heavy atom. The minimum absolute atomic E-state index is 0.0679. The van der Waals surface area contributed by atoms with Crippen LogP contribution in [0.25, 0.3) is 11.8 Å². The molecule has 2 aromatic rings. The first kappa shape index (κ1) is 15.8. The highest BCUT2D eigenvalue weighted by Crippen LogP contribution is 2.25. The molecule has 1 aromatic heterocycles. The van der Waals surface area contributed by atoms with E-state index in [0.29, 0.717) is 5.56 Å². The molecule has 0 amide bonds. The molecule has 0 saturated heterocycles. The molecule has 0 aliphatic carbocycles. The SMILES string of the molecule is COC(=O)/C=C/c1ccc(-n2ccc([N+](=O)[O-])n2)c([N+](=O)[O-])c1. The lowest BCUT2D eigenvalue weighted by molar-refractivity contribution is -0.389. The Balaban J connectivity index is 2.44. The second-order valence-electron chi connectivity index (χ2n) is 4.24. The van der Waals surface area contributed by atoms with E-state index in [9.17, 15) is 25.0 Å². The first-order valence-corrected chi connectivity index (χ1v) is 6.17. The van der Waals surface area contributed by atoms with Crippen molar-refractivity contribution < 1.29 is 19.4 Å². The molecule has 0 unspecified atom stereocenters. The van der Waals surface area contributed by atoms with Gasteiger partial charge in [-0.2, -0.15) is 0 Å². The first-order chi connectivity index (χ1) is 10.9. The number of rotatable bonds is 5. The molecular weight excluding hydrogens is 308 g/mol. The molecule has 2 rings (SSSR count). The number of esters is 1. The Labute approximate surface area is 128 Å². The Morgan fingerprint density at radius 3 is 2.57 bits per heavy atom. The van der Waals surface area contributed by atoms with E-state index < -0.39 is 21.6 Å². The Kier molecular flexibility index (Phi) is 4.45. The van der Waals surface area contributed by atoms with Gasteiger partial charge in [-0.25, -0.2) is 4.79 Å². The van der Waals surface area contributed by atoms with Crippen LogP contribution in [0.2, 0.25) is 0 Å². The number of hydrogen-bond acceptors (Lipinski definition) is 7. The van der Waals surface area contributed by atoms with Crippen LogP contribution in [-0.2, 0) is 9.53 Å². The van der Waals surface area contributed by atoms with E-state index in [1.165, 1.54) is 37.6 Å². The summed E-state index contributed by atoms with van der Waals surface area (Å²) >= 11 is 0. The Morgan fingerprint density at radius 1 is 1.26 bits per heavy atom. The van der Waals surface area contributed by atoms with Crippen molar-refractivity contribution in [2.24, 2.45) is 0 Å². The predicted molar refractivity (Wildman–Crippen MR) is 77.9 cm³/mol. The summed E-state index contributed by atoms with van der Waals surface area (Å²) in [5.41, 5.74) is 0.154. The molecule has 0 aliphatic rings. The number of benzene rings is 1. The van der Waals surface area contributed by atoms with Gasteiger partial charge < -0.3 is 14.9 Å². The number of ether oxygens (including phenoxy) is 1. The molecule has 0 saturated carbocycles. The van der Waals surface area contributed by atoms with Gasteiger partial charge in [-0.3, -0.25) is 10.1 Å². The van der Waals surface area contributed by atoms with Crippen molar-refractivity contribution >= 4 is 23.6 Å². The van der Waals surface area contributed by atoms with E-state index in [1.807, 2.05) is 0 Å². The van der Waals surface area contributed by atoms with Crippen molar-refractivity contribution in [3.63, 3.8) is 0 Å². The quantitative estimate of drug-likeness (QED) is 0.356. The number of methoxy groups -OCH3 is 1. The third-order valence-corrected chi connectivity index (χ3v) is 2.82. The zero-order valence-electron chi connectivity index (χ0n) is 11.8. The lowest BCUT2D eigenvalue weighted by Gasteiger charge is -2.01. The van der Waals surface area contributed by atoms with Gasteiger partial charge in [0.2, 0.25) is 0 Å². The molecule has 0 N–H and O–H groups in total. The number of nitro benzene ring substituents is 1. The van der Waals surface area contributed by atoms with E-state index in [-0.39, 0.29) is 11.4 Å². The molecule has 0 aliphatic heterocycles. The number of aromatic nitrogens is 2. The van der Waals surface area contributed by atoms with Gasteiger partial charge >= 0.3 is 11.8 Å². The average Bonchev–Trinajstić information content (AvgIpc) is 3.02. The maximum Gasteiger partial charge on any atom is 0.390 e. The molecule has 0 fully saturated rings. The van der Waals surface area contributed by atoms with Crippen molar-refractivity contribution in [2.75, 3.05) is 7.11 Å².